The van der Waals surface area contributed by atoms with Gasteiger partial charge in [-0.1, -0.05) is 6.92 Å². The zero-order valence-corrected chi connectivity index (χ0v) is 13.6. The molecule has 8 heteroatoms. The van der Waals surface area contributed by atoms with Crippen molar-refractivity contribution in [1.29, 1.82) is 0 Å². The second kappa shape index (κ2) is 6.97. The first-order valence-electron chi connectivity index (χ1n) is 6.62. The van der Waals surface area contributed by atoms with Gasteiger partial charge in [0.15, 0.2) is 0 Å². The Balaban J connectivity index is 1.89. The van der Waals surface area contributed by atoms with E-state index in [1.807, 2.05) is 6.20 Å². The van der Waals surface area contributed by atoms with Crippen LogP contribution in [0.5, 0.6) is 0 Å². The molecule has 2 heterocycles. The fourth-order valence-electron chi connectivity index (χ4n) is 1.69. The Morgan fingerprint density at radius 3 is 2.62 bits per heavy atom. The summed E-state index contributed by atoms with van der Waals surface area (Å²) in [6.45, 7) is 2.82. The number of sulfonamides is 1. The Labute approximate surface area is 128 Å². The van der Waals surface area contributed by atoms with E-state index in [-0.39, 0.29) is 4.90 Å². The fourth-order valence-corrected chi connectivity index (χ4v) is 3.22. The maximum absolute atomic E-state index is 11.6. The summed E-state index contributed by atoms with van der Waals surface area (Å²) in [5, 5.41) is 4.25. The van der Waals surface area contributed by atoms with Crippen LogP contribution in [-0.2, 0) is 22.9 Å². The van der Waals surface area contributed by atoms with Crippen LogP contribution >= 0.6 is 11.3 Å². The van der Waals surface area contributed by atoms with Crippen LogP contribution in [0.15, 0.2) is 29.4 Å². The molecule has 0 atom stereocenters. The predicted molar refractivity (Wildman–Crippen MR) is 84.2 cm³/mol. The van der Waals surface area contributed by atoms with E-state index >= 15 is 0 Å². The van der Waals surface area contributed by atoms with E-state index < -0.39 is 10.0 Å². The standard InChI is InChI=1S/C13H18N4O2S2/c1-3-10-8-17-13(20-10)6-7-15-12-5-4-11(9-16-12)21(18,19)14-2/h4-5,8-9,14H,3,6-7H2,1-2H3,(H,15,16). The van der Waals surface area contributed by atoms with Crippen LogP contribution in [0.4, 0.5) is 5.82 Å². The molecule has 0 bridgehead atoms. The van der Waals surface area contributed by atoms with E-state index in [9.17, 15) is 8.42 Å². The maximum Gasteiger partial charge on any atom is 0.241 e. The minimum absolute atomic E-state index is 0.156. The average Bonchev–Trinajstić information content (AvgIpc) is 2.96. The molecule has 0 spiro atoms. The van der Waals surface area contributed by atoms with Crippen molar-refractivity contribution in [2.24, 2.45) is 0 Å². The zero-order chi connectivity index (χ0) is 15.3. The molecule has 0 saturated heterocycles. The largest absolute Gasteiger partial charge is 0.370 e. The van der Waals surface area contributed by atoms with Gasteiger partial charge in [-0.05, 0) is 25.6 Å². The van der Waals surface area contributed by atoms with Crippen molar-refractivity contribution in [1.82, 2.24) is 14.7 Å². The lowest BCUT2D eigenvalue weighted by Crippen LogP contribution is -2.18. The topological polar surface area (TPSA) is 84.0 Å². The van der Waals surface area contributed by atoms with Gasteiger partial charge in [0.2, 0.25) is 10.0 Å². The molecule has 0 saturated carbocycles. The van der Waals surface area contributed by atoms with E-state index in [0.29, 0.717) is 12.4 Å². The second-order valence-electron chi connectivity index (χ2n) is 4.34. The highest BCUT2D eigenvalue weighted by atomic mass is 32.2. The second-order valence-corrected chi connectivity index (χ2v) is 7.42. The van der Waals surface area contributed by atoms with Gasteiger partial charge >= 0.3 is 0 Å². The van der Waals surface area contributed by atoms with Crippen molar-refractivity contribution in [3.05, 3.63) is 34.4 Å². The van der Waals surface area contributed by atoms with Crippen molar-refractivity contribution in [3.8, 4) is 0 Å². The monoisotopic (exact) mass is 326 g/mol. The van der Waals surface area contributed by atoms with Crippen LogP contribution in [0.25, 0.3) is 0 Å². The van der Waals surface area contributed by atoms with Gasteiger partial charge in [0.05, 0.1) is 5.01 Å². The molecule has 2 rings (SSSR count). The van der Waals surface area contributed by atoms with Crippen molar-refractivity contribution < 1.29 is 8.42 Å². The Kier molecular flexibility index (Phi) is 5.27. The fraction of sp³-hybridized carbons (Fsp3) is 0.385. The molecule has 6 nitrogen and oxygen atoms in total. The van der Waals surface area contributed by atoms with Gasteiger partial charge in [-0.3, -0.25) is 0 Å². The summed E-state index contributed by atoms with van der Waals surface area (Å²) in [6, 6.07) is 3.18. The van der Waals surface area contributed by atoms with E-state index in [0.717, 1.165) is 17.8 Å². The average molecular weight is 326 g/mol. The first-order chi connectivity index (χ1) is 10.0. The molecule has 0 aromatic carbocycles. The van der Waals surface area contributed by atoms with Crippen LogP contribution in [0.2, 0.25) is 0 Å². The van der Waals surface area contributed by atoms with Crippen molar-refractivity contribution in [3.63, 3.8) is 0 Å². The molecule has 0 radical (unpaired) electrons. The van der Waals surface area contributed by atoms with Crippen LogP contribution < -0.4 is 10.0 Å². The van der Waals surface area contributed by atoms with Crippen LogP contribution in [0.3, 0.4) is 0 Å². The van der Waals surface area contributed by atoms with E-state index in [1.165, 1.54) is 24.2 Å². The molecule has 2 N–H and O–H groups in total. The third-order valence-electron chi connectivity index (χ3n) is 2.91. The summed E-state index contributed by atoms with van der Waals surface area (Å²) in [5.41, 5.74) is 0. The third-order valence-corrected chi connectivity index (χ3v) is 5.51. The number of hydrogen-bond acceptors (Lipinski definition) is 6. The number of hydrogen-bond donors (Lipinski definition) is 2. The van der Waals surface area contributed by atoms with Crippen molar-refractivity contribution in [2.75, 3.05) is 18.9 Å². The summed E-state index contributed by atoms with van der Waals surface area (Å²) in [6.07, 6.45) is 5.08. The highest BCUT2D eigenvalue weighted by Crippen LogP contribution is 2.14. The van der Waals surface area contributed by atoms with E-state index in [1.54, 1.807) is 17.4 Å². The SMILES string of the molecule is CCc1cnc(CCNc2ccc(S(=O)(=O)NC)cn2)s1. The van der Waals surface area contributed by atoms with Crippen LogP contribution in [-0.4, -0.2) is 32.0 Å². The molecule has 0 amide bonds. The first-order valence-corrected chi connectivity index (χ1v) is 8.92. The number of nitrogens with zero attached hydrogens (tertiary/aromatic N) is 2. The predicted octanol–water partition coefficient (Wildman–Crippen LogP) is 1.66. The molecule has 2 aromatic heterocycles. The van der Waals surface area contributed by atoms with Crippen molar-refractivity contribution in [2.45, 2.75) is 24.7 Å². The summed E-state index contributed by atoms with van der Waals surface area (Å²) >= 11 is 1.72. The third kappa shape index (κ3) is 4.23. The molecule has 0 unspecified atom stereocenters. The Morgan fingerprint density at radius 2 is 2.05 bits per heavy atom. The van der Waals surface area contributed by atoms with Gasteiger partial charge in [0, 0.05) is 30.2 Å². The molecule has 0 aliphatic rings. The Bertz CT molecular complexity index is 680. The number of anilines is 1. The van der Waals surface area contributed by atoms with E-state index in [4.69, 9.17) is 0 Å². The molecule has 0 aliphatic carbocycles. The lowest BCUT2D eigenvalue weighted by atomic mass is 10.4. The van der Waals surface area contributed by atoms with E-state index in [2.05, 4.69) is 26.9 Å². The highest BCUT2D eigenvalue weighted by Gasteiger charge is 2.11. The van der Waals surface area contributed by atoms with Crippen LogP contribution in [0.1, 0.15) is 16.8 Å². The summed E-state index contributed by atoms with van der Waals surface area (Å²) < 4.78 is 25.4. The number of aromatic nitrogens is 2. The van der Waals surface area contributed by atoms with Gasteiger partial charge < -0.3 is 5.32 Å². The van der Waals surface area contributed by atoms with Crippen molar-refractivity contribution >= 4 is 27.2 Å². The molecular weight excluding hydrogens is 308 g/mol. The van der Waals surface area contributed by atoms with Gasteiger partial charge in [0.25, 0.3) is 0 Å². The summed E-state index contributed by atoms with van der Waals surface area (Å²) in [4.78, 5) is 9.88. The lowest BCUT2D eigenvalue weighted by molar-refractivity contribution is 0.588. The number of nitrogens with one attached hydrogen (secondary N) is 2. The smallest absolute Gasteiger partial charge is 0.241 e. The number of aryl methyl sites for hydroxylation is 1. The number of pyridine rings is 1. The Hall–Kier alpha value is -1.51. The van der Waals surface area contributed by atoms with Gasteiger partial charge in [-0.2, -0.15) is 0 Å². The van der Waals surface area contributed by atoms with Gasteiger partial charge in [-0.25, -0.2) is 23.1 Å². The van der Waals surface area contributed by atoms with Gasteiger partial charge in [0.1, 0.15) is 10.7 Å². The molecule has 114 valence electrons. The number of rotatable bonds is 7. The maximum atomic E-state index is 11.6. The number of thiazole rings is 1. The molecule has 0 aliphatic heterocycles. The van der Waals surface area contributed by atoms with Gasteiger partial charge in [-0.15, -0.1) is 11.3 Å². The minimum Gasteiger partial charge on any atom is -0.370 e. The zero-order valence-electron chi connectivity index (χ0n) is 12.0. The molecule has 21 heavy (non-hydrogen) atoms. The van der Waals surface area contributed by atoms with Crippen LogP contribution in [0, 0.1) is 0 Å². The quantitative estimate of drug-likeness (QED) is 0.808. The Morgan fingerprint density at radius 1 is 1.24 bits per heavy atom. The lowest BCUT2D eigenvalue weighted by Gasteiger charge is -2.06. The normalized spacial score (nSPS) is 11.5. The summed E-state index contributed by atoms with van der Waals surface area (Å²) in [5.74, 6) is 0.650. The highest BCUT2D eigenvalue weighted by molar-refractivity contribution is 7.89. The minimum atomic E-state index is -3.43. The molecule has 0 fully saturated rings. The molecule has 2 aromatic rings. The molecular formula is C13H18N4O2S2. The summed E-state index contributed by atoms with van der Waals surface area (Å²) in [7, 11) is -2.05. The first kappa shape index (κ1) is 15.9.